The van der Waals surface area contributed by atoms with E-state index in [0.29, 0.717) is 5.95 Å². The smallest absolute Gasteiger partial charge is 0.235 e. The molecule has 0 amide bonds. The van der Waals surface area contributed by atoms with Gasteiger partial charge in [0.05, 0.1) is 22.2 Å². The summed E-state index contributed by atoms with van der Waals surface area (Å²) < 4.78 is 4.88. The van der Waals surface area contributed by atoms with Gasteiger partial charge >= 0.3 is 0 Å². The van der Waals surface area contributed by atoms with E-state index in [4.69, 9.17) is 9.97 Å². The molecule has 3 aromatic heterocycles. The fourth-order valence-electron chi connectivity index (χ4n) is 7.07. The molecule has 10 rings (SSSR count). The molecule has 7 aromatic carbocycles. The fourth-order valence-corrected chi connectivity index (χ4v) is 8.15. The van der Waals surface area contributed by atoms with Crippen molar-refractivity contribution in [2.24, 2.45) is 0 Å². The molecule has 0 N–H and O–H groups in total. The van der Waals surface area contributed by atoms with E-state index in [1.807, 2.05) is 23.5 Å². The fraction of sp³-hybridized carbons (Fsp3) is 0. The molecule has 3 heterocycles. The molecule has 0 spiro atoms. The number of fused-ring (bicyclic) bond motifs is 9. The van der Waals surface area contributed by atoms with Gasteiger partial charge in [0.1, 0.15) is 0 Å². The molecule has 0 atom stereocenters. The Hall–Kier alpha value is -5.84. The number of benzene rings is 7. The van der Waals surface area contributed by atoms with Gasteiger partial charge in [-0.3, -0.25) is 4.57 Å². The Bertz CT molecular complexity index is 2810. The molecule has 0 aliphatic rings. The largest absolute Gasteiger partial charge is 0.278 e. The van der Waals surface area contributed by atoms with Crippen molar-refractivity contribution in [1.82, 2.24) is 14.5 Å². The van der Waals surface area contributed by atoms with Crippen LogP contribution in [0.15, 0.2) is 152 Å². The Balaban J connectivity index is 1.24. The minimum absolute atomic E-state index is 0.675. The topological polar surface area (TPSA) is 30.7 Å². The lowest BCUT2D eigenvalue weighted by Crippen LogP contribution is -2.03. The molecule has 0 fully saturated rings. The molecule has 46 heavy (non-hydrogen) atoms. The van der Waals surface area contributed by atoms with Crippen LogP contribution >= 0.6 is 11.3 Å². The Labute approximate surface area is 268 Å². The standard InChI is InChI=1S/C42H25N3S/c1-2-10-27(11-3-1)41-31-13-4-7-15-35(31)43-42(44-41)45-36-16-8-5-14-32(36)40-33-24-28(19-18-26(33)20-22-37(40)45)29-21-23-39-34(25-29)30-12-6-9-17-38(30)46-39/h1-25H. The van der Waals surface area contributed by atoms with Gasteiger partial charge in [-0.2, -0.15) is 0 Å². The minimum Gasteiger partial charge on any atom is -0.278 e. The van der Waals surface area contributed by atoms with Crippen molar-refractivity contribution in [3.63, 3.8) is 0 Å². The molecule has 0 bridgehead atoms. The molecule has 0 saturated carbocycles. The van der Waals surface area contributed by atoms with E-state index < -0.39 is 0 Å². The second-order valence-corrected chi connectivity index (χ2v) is 12.9. The first-order valence-electron chi connectivity index (χ1n) is 15.5. The van der Waals surface area contributed by atoms with Crippen molar-refractivity contribution in [3.05, 3.63) is 152 Å². The van der Waals surface area contributed by atoms with Gasteiger partial charge in [-0.25, -0.2) is 9.97 Å². The third-order valence-corrected chi connectivity index (χ3v) is 10.4. The molecule has 4 heteroatoms. The van der Waals surface area contributed by atoms with E-state index in [1.165, 1.54) is 52.8 Å². The number of thiophene rings is 1. The van der Waals surface area contributed by atoms with Gasteiger partial charge in [-0.05, 0) is 64.4 Å². The summed E-state index contributed by atoms with van der Waals surface area (Å²) >= 11 is 1.86. The van der Waals surface area contributed by atoms with E-state index in [-0.39, 0.29) is 0 Å². The summed E-state index contributed by atoms with van der Waals surface area (Å²) in [5.74, 6) is 0.675. The van der Waals surface area contributed by atoms with Gasteiger partial charge in [0, 0.05) is 41.9 Å². The molecule has 214 valence electrons. The maximum Gasteiger partial charge on any atom is 0.235 e. The van der Waals surface area contributed by atoms with Crippen LogP contribution in [0.5, 0.6) is 0 Å². The van der Waals surface area contributed by atoms with Crippen LogP contribution < -0.4 is 0 Å². The molecule has 0 unspecified atom stereocenters. The predicted molar refractivity (Wildman–Crippen MR) is 195 cm³/mol. The highest BCUT2D eigenvalue weighted by Gasteiger charge is 2.19. The second kappa shape index (κ2) is 9.83. The molecule has 10 aromatic rings. The number of para-hydroxylation sites is 2. The first kappa shape index (κ1) is 25.5. The highest BCUT2D eigenvalue weighted by Crippen LogP contribution is 2.40. The quantitative estimate of drug-likeness (QED) is 0.201. The summed E-state index contributed by atoms with van der Waals surface area (Å²) in [5, 5.41) is 8.53. The normalized spacial score (nSPS) is 11.9. The number of nitrogens with zero attached hydrogens (tertiary/aromatic N) is 3. The van der Waals surface area contributed by atoms with Crippen LogP contribution in [0, 0.1) is 0 Å². The summed E-state index contributed by atoms with van der Waals surface area (Å²) in [5.41, 5.74) is 7.57. The number of aromatic nitrogens is 3. The third-order valence-electron chi connectivity index (χ3n) is 9.20. The molecule has 0 aliphatic carbocycles. The maximum atomic E-state index is 5.26. The van der Waals surface area contributed by atoms with Gasteiger partial charge in [0.25, 0.3) is 0 Å². The Kier molecular flexibility index (Phi) is 5.45. The average Bonchev–Trinajstić information content (AvgIpc) is 3.67. The van der Waals surface area contributed by atoms with E-state index in [2.05, 4.69) is 144 Å². The highest BCUT2D eigenvalue weighted by atomic mass is 32.1. The summed E-state index contributed by atoms with van der Waals surface area (Å²) in [6.07, 6.45) is 0. The summed E-state index contributed by atoms with van der Waals surface area (Å²) in [6, 6.07) is 54.2. The zero-order valence-corrected chi connectivity index (χ0v) is 25.5. The summed E-state index contributed by atoms with van der Waals surface area (Å²) in [4.78, 5) is 10.4. The van der Waals surface area contributed by atoms with Crippen molar-refractivity contribution >= 4 is 75.0 Å². The van der Waals surface area contributed by atoms with Gasteiger partial charge in [0.15, 0.2) is 0 Å². The minimum atomic E-state index is 0.675. The molecule has 0 saturated heterocycles. The zero-order chi connectivity index (χ0) is 30.2. The van der Waals surface area contributed by atoms with Crippen molar-refractivity contribution in [2.75, 3.05) is 0 Å². The van der Waals surface area contributed by atoms with E-state index >= 15 is 0 Å². The molecule has 0 aliphatic heterocycles. The van der Waals surface area contributed by atoms with Crippen LogP contribution in [0.25, 0.3) is 92.0 Å². The van der Waals surface area contributed by atoms with Crippen LogP contribution in [0.2, 0.25) is 0 Å². The van der Waals surface area contributed by atoms with E-state index in [9.17, 15) is 0 Å². The zero-order valence-electron chi connectivity index (χ0n) is 24.7. The van der Waals surface area contributed by atoms with Gasteiger partial charge < -0.3 is 0 Å². The number of hydrogen-bond acceptors (Lipinski definition) is 3. The second-order valence-electron chi connectivity index (χ2n) is 11.8. The first-order valence-corrected chi connectivity index (χ1v) is 16.3. The van der Waals surface area contributed by atoms with Crippen LogP contribution in [-0.2, 0) is 0 Å². The Morgan fingerprint density at radius 1 is 0.435 bits per heavy atom. The number of hydrogen-bond donors (Lipinski definition) is 0. The van der Waals surface area contributed by atoms with E-state index in [0.717, 1.165) is 33.2 Å². The predicted octanol–water partition coefficient (Wildman–Crippen LogP) is 11.6. The van der Waals surface area contributed by atoms with Gasteiger partial charge in [0.2, 0.25) is 5.95 Å². The third kappa shape index (κ3) is 3.77. The van der Waals surface area contributed by atoms with Crippen LogP contribution in [-0.4, -0.2) is 14.5 Å². The monoisotopic (exact) mass is 603 g/mol. The van der Waals surface area contributed by atoms with Crippen molar-refractivity contribution in [3.8, 4) is 28.3 Å². The van der Waals surface area contributed by atoms with Gasteiger partial charge in [-0.1, -0.05) is 109 Å². The lowest BCUT2D eigenvalue weighted by molar-refractivity contribution is 1.01. The maximum absolute atomic E-state index is 5.26. The van der Waals surface area contributed by atoms with Crippen LogP contribution in [0.3, 0.4) is 0 Å². The van der Waals surface area contributed by atoms with Gasteiger partial charge in [-0.15, -0.1) is 11.3 Å². The first-order chi connectivity index (χ1) is 22.8. The van der Waals surface area contributed by atoms with Crippen molar-refractivity contribution in [2.45, 2.75) is 0 Å². The number of rotatable bonds is 3. The van der Waals surface area contributed by atoms with Crippen molar-refractivity contribution < 1.29 is 0 Å². The lowest BCUT2D eigenvalue weighted by atomic mass is 9.97. The van der Waals surface area contributed by atoms with Crippen LogP contribution in [0.4, 0.5) is 0 Å². The van der Waals surface area contributed by atoms with Crippen LogP contribution in [0.1, 0.15) is 0 Å². The SMILES string of the molecule is c1ccc(-c2nc(-n3c4ccccc4c4c5cc(-c6ccc7sc8ccccc8c7c6)ccc5ccc43)nc3ccccc23)cc1. The Morgan fingerprint density at radius 3 is 2.00 bits per heavy atom. The highest BCUT2D eigenvalue weighted by molar-refractivity contribution is 7.25. The Morgan fingerprint density at radius 2 is 1.11 bits per heavy atom. The van der Waals surface area contributed by atoms with Crippen molar-refractivity contribution in [1.29, 1.82) is 0 Å². The summed E-state index contributed by atoms with van der Waals surface area (Å²) in [6.45, 7) is 0. The van der Waals surface area contributed by atoms with E-state index in [1.54, 1.807) is 0 Å². The molecular formula is C42H25N3S. The molecule has 3 nitrogen and oxygen atoms in total. The average molecular weight is 604 g/mol. The summed E-state index contributed by atoms with van der Waals surface area (Å²) in [7, 11) is 0. The molecular weight excluding hydrogens is 579 g/mol. The lowest BCUT2D eigenvalue weighted by Gasteiger charge is -2.12. The molecule has 0 radical (unpaired) electrons.